The molecule has 2 N–H and O–H groups in total. The van der Waals surface area contributed by atoms with Gasteiger partial charge in [-0.25, -0.2) is 0 Å². The fourth-order valence-corrected chi connectivity index (χ4v) is 3.47. The van der Waals surface area contributed by atoms with Crippen molar-refractivity contribution in [2.45, 2.75) is 46.2 Å². The molecular weight excluding hydrogens is 294 g/mol. The highest BCUT2D eigenvalue weighted by Gasteiger charge is 2.30. The molecule has 124 valence electrons. The molecule has 1 aliphatic rings. The third-order valence-corrected chi connectivity index (χ3v) is 4.39. The van der Waals surface area contributed by atoms with E-state index in [9.17, 15) is 13.2 Å². The average Bonchev–Trinajstić information content (AvgIpc) is 2.35. The van der Waals surface area contributed by atoms with Gasteiger partial charge >= 0.3 is 0 Å². The fraction of sp³-hybridized carbons (Fsp3) is 0.923. The van der Waals surface area contributed by atoms with Crippen LogP contribution in [0.2, 0.25) is 0 Å². The van der Waals surface area contributed by atoms with Crippen LogP contribution in [0.1, 0.15) is 34.1 Å². The van der Waals surface area contributed by atoms with Gasteiger partial charge in [-0.15, -0.1) is 0 Å². The number of nitrogens with one attached hydrogen (secondary N) is 2. The van der Waals surface area contributed by atoms with Gasteiger partial charge in [0.25, 0.3) is 10.2 Å². The molecule has 1 heterocycles. The lowest BCUT2D eigenvalue weighted by Gasteiger charge is -2.31. The summed E-state index contributed by atoms with van der Waals surface area (Å²) in [6.45, 7) is 9.41. The Morgan fingerprint density at radius 2 is 1.71 bits per heavy atom. The van der Waals surface area contributed by atoms with E-state index in [0.717, 1.165) is 0 Å². The minimum Gasteiger partial charge on any atom is -0.378 e. The van der Waals surface area contributed by atoms with Gasteiger partial charge in [0, 0.05) is 19.1 Å². The van der Waals surface area contributed by atoms with Crippen LogP contribution in [0.4, 0.5) is 0 Å². The van der Waals surface area contributed by atoms with Crippen molar-refractivity contribution < 1.29 is 17.9 Å². The van der Waals surface area contributed by atoms with E-state index >= 15 is 0 Å². The Balaban J connectivity index is 2.77. The predicted molar refractivity (Wildman–Crippen MR) is 81.0 cm³/mol. The molecule has 1 atom stereocenters. The largest absolute Gasteiger partial charge is 0.378 e. The second kappa shape index (κ2) is 8.07. The number of carbonyl (C=O) groups excluding carboxylic acids is 1. The topological polar surface area (TPSA) is 87.7 Å². The Labute approximate surface area is 127 Å². The third kappa shape index (κ3) is 6.73. The maximum Gasteiger partial charge on any atom is 0.277 e. The monoisotopic (exact) mass is 321 g/mol. The van der Waals surface area contributed by atoms with Gasteiger partial charge in [-0.3, -0.25) is 4.79 Å². The molecule has 7 nitrogen and oxygen atoms in total. The van der Waals surface area contributed by atoms with E-state index in [-0.39, 0.29) is 17.9 Å². The molecule has 1 saturated heterocycles. The Morgan fingerprint density at radius 3 is 2.19 bits per heavy atom. The summed E-state index contributed by atoms with van der Waals surface area (Å²) in [5.74, 6) is 0.0304. The van der Waals surface area contributed by atoms with E-state index < -0.39 is 16.3 Å². The summed E-state index contributed by atoms with van der Waals surface area (Å²) in [6, 6.07) is -0.958. The minimum atomic E-state index is -3.69. The molecule has 0 aromatic carbocycles. The van der Waals surface area contributed by atoms with Crippen LogP contribution in [0.3, 0.4) is 0 Å². The summed E-state index contributed by atoms with van der Waals surface area (Å²) in [4.78, 5) is 14.2. The molecule has 1 rings (SSSR count). The van der Waals surface area contributed by atoms with Crippen molar-refractivity contribution in [2.75, 3.05) is 26.3 Å². The molecule has 1 fully saturated rings. The molecule has 1 amide bonds. The van der Waals surface area contributed by atoms with Crippen LogP contribution >= 0.6 is 0 Å². The van der Waals surface area contributed by atoms with Crippen LogP contribution in [0.15, 0.2) is 0 Å². The Bertz CT molecular complexity index is 431. The van der Waals surface area contributed by atoms with E-state index in [0.29, 0.717) is 32.7 Å². The first kappa shape index (κ1) is 18.3. The Kier molecular flexibility index (Phi) is 7.05. The van der Waals surface area contributed by atoms with E-state index in [1.54, 1.807) is 18.7 Å². The molecule has 8 heteroatoms. The molecule has 0 radical (unpaired) electrons. The minimum absolute atomic E-state index is 0.180. The summed E-state index contributed by atoms with van der Waals surface area (Å²) < 4.78 is 34.2. The van der Waals surface area contributed by atoms with E-state index in [4.69, 9.17) is 4.74 Å². The molecule has 0 spiro atoms. The zero-order valence-electron chi connectivity index (χ0n) is 13.3. The summed E-state index contributed by atoms with van der Waals surface area (Å²) >= 11 is 0. The maximum atomic E-state index is 12.5. The molecular formula is C13H27N3O4S. The van der Waals surface area contributed by atoms with Crippen molar-refractivity contribution in [1.82, 2.24) is 14.3 Å². The highest BCUT2D eigenvalue weighted by atomic mass is 32.2. The number of rotatable bonds is 7. The quantitative estimate of drug-likeness (QED) is 0.696. The SMILES string of the molecule is CC(C)CC(NS(=O)(=O)NC(C)C)C(=O)N1CCOCC1. The van der Waals surface area contributed by atoms with Gasteiger partial charge < -0.3 is 9.64 Å². The van der Waals surface area contributed by atoms with E-state index in [1.807, 2.05) is 13.8 Å². The smallest absolute Gasteiger partial charge is 0.277 e. The second-order valence-corrected chi connectivity index (χ2v) is 7.49. The zero-order valence-corrected chi connectivity index (χ0v) is 14.1. The molecule has 1 aliphatic heterocycles. The zero-order chi connectivity index (χ0) is 16.0. The highest BCUT2D eigenvalue weighted by molar-refractivity contribution is 7.87. The Morgan fingerprint density at radius 1 is 1.14 bits per heavy atom. The van der Waals surface area contributed by atoms with Crippen LogP contribution in [0.5, 0.6) is 0 Å². The van der Waals surface area contributed by atoms with Crippen molar-refractivity contribution in [3.8, 4) is 0 Å². The number of morpholine rings is 1. The number of nitrogens with zero attached hydrogens (tertiary/aromatic N) is 1. The lowest BCUT2D eigenvalue weighted by Crippen LogP contribution is -2.54. The normalized spacial score (nSPS) is 18.3. The standard InChI is InChI=1S/C13H27N3O4S/c1-10(2)9-12(15-21(18,19)14-11(3)4)13(17)16-5-7-20-8-6-16/h10-12,14-15H,5-9H2,1-4H3. The molecule has 0 bridgehead atoms. The number of ether oxygens (including phenoxy) is 1. The molecule has 21 heavy (non-hydrogen) atoms. The van der Waals surface area contributed by atoms with Gasteiger partial charge in [0.2, 0.25) is 5.91 Å². The summed E-state index contributed by atoms with van der Waals surface area (Å²) in [5.41, 5.74) is 0. The van der Waals surface area contributed by atoms with Crippen molar-refractivity contribution in [3.05, 3.63) is 0 Å². The number of carbonyl (C=O) groups is 1. The first-order chi connectivity index (χ1) is 9.71. The highest BCUT2D eigenvalue weighted by Crippen LogP contribution is 2.10. The van der Waals surface area contributed by atoms with Gasteiger partial charge in [-0.2, -0.15) is 17.9 Å². The van der Waals surface area contributed by atoms with Gasteiger partial charge in [0.15, 0.2) is 0 Å². The summed E-state index contributed by atoms with van der Waals surface area (Å²) in [7, 11) is -3.69. The van der Waals surface area contributed by atoms with Crippen LogP contribution < -0.4 is 9.44 Å². The molecule has 0 saturated carbocycles. The second-order valence-electron chi connectivity index (χ2n) is 6.01. The fourth-order valence-electron chi connectivity index (χ4n) is 2.21. The molecule has 1 unspecified atom stereocenters. The van der Waals surface area contributed by atoms with E-state index in [2.05, 4.69) is 9.44 Å². The Hall–Kier alpha value is -0.700. The van der Waals surface area contributed by atoms with Crippen LogP contribution in [0.25, 0.3) is 0 Å². The van der Waals surface area contributed by atoms with E-state index in [1.165, 1.54) is 0 Å². The lowest BCUT2D eigenvalue weighted by molar-refractivity contribution is -0.137. The summed E-state index contributed by atoms with van der Waals surface area (Å²) in [5, 5.41) is 0. The van der Waals surface area contributed by atoms with Crippen molar-refractivity contribution in [1.29, 1.82) is 0 Å². The van der Waals surface area contributed by atoms with Crippen molar-refractivity contribution in [3.63, 3.8) is 0 Å². The number of amides is 1. The number of hydrogen-bond donors (Lipinski definition) is 2. The first-order valence-electron chi connectivity index (χ1n) is 7.37. The predicted octanol–water partition coefficient (Wildman–Crippen LogP) is 0.0923. The molecule has 0 aromatic heterocycles. The van der Waals surface area contributed by atoms with Gasteiger partial charge in [0.1, 0.15) is 6.04 Å². The summed E-state index contributed by atoms with van der Waals surface area (Å²) in [6.07, 6.45) is 0.467. The van der Waals surface area contributed by atoms with Crippen molar-refractivity contribution in [2.24, 2.45) is 5.92 Å². The van der Waals surface area contributed by atoms with Gasteiger partial charge in [-0.05, 0) is 26.2 Å². The van der Waals surface area contributed by atoms with Crippen LogP contribution in [-0.2, 0) is 19.7 Å². The molecule has 0 aliphatic carbocycles. The van der Waals surface area contributed by atoms with Gasteiger partial charge in [0.05, 0.1) is 13.2 Å². The average molecular weight is 321 g/mol. The van der Waals surface area contributed by atoms with Crippen molar-refractivity contribution >= 4 is 16.1 Å². The van der Waals surface area contributed by atoms with Crippen LogP contribution in [0, 0.1) is 5.92 Å². The van der Waals surface area contributed by atoms with Crippen LogP contribution in [-0.4, -0.2) is 57.6 Å². The maximum absolute atomic E-state index is 12.5. The number of hydrogen-bond acceptors (Lipinski definition) is 4. The first-order valence-corrected chi connectivity index (χ1v) is 8.85. The molecule has 0 aromatic rings. The third-order valence-electron chi connectivity index (χ3n) is 3.02. The lowest BCUT2D eigenvalue weighted by atomic mass is 10.0. The van der Waals surface area contributed by atoms with Gasteiger partial charge in [-0.1, -0.05) is 13.8 Å².